The molecule has 0 aromatic carbocycles. The highest BCUT2D eigenvalue weighted by molar-refractivity contribution is 5.79. The second-order valence-corrected chi connectivity index (χ2v) is 5.02. The molecule has 19 heavy (non-hydrogen) atoms. The van der Waals surface area contributed by atoms with Crippen LogP contribution in [0.25, 0.3) is 0 Å². The van der Waals surface area contributed by atoms with Crippen LogP contribution in [-0.2, 0) is 9.59 Å². The molecular weight excluding hydrogens is 244 g/mol. The van der Waals surface area contributed by atoms with E-state index < -0.39 is 11.4 Å². The molecule has 1 aliphatic rings. The van der Waals surface area contributed by atoms with Crippen molar-refractivity contribution >= 4 is 11.9 Å². The van der Waals surface area contributed by atoms with Gasteiger partial charge >= 0.3 is 5.97 Å². The molecule has 5 heteroatoms. The average molecular weight is 266 g/mol. The fourth-order valence-electron chi connectivity index (χ4n) is 2.59. The van der Waals surface area contributed by atoms with E-state index >= 15 is 0 Å². The Morgan fingerprint density at radius 3 is 2.53 bits per heavy atom. The van der Waals surface area contributed by atoms with E-state index in [1.807, 2.05) is 6.92 Å². The third kappa shape index (κ3) is 3.97. The Kier molecular flexibility index (Phi) is 5.84. The highest BCUT2D eigenvalue weighted by Crippen LogP contribution is 2.36. The number of piperidine rings is 1. The molecule has 5 nitrogen and oxygen atoms in total. The van der Waals surface area contributed by atoms with Gasteiger partial charge in [0.25, 0.3) is 0 Å². The van der Waals surface area contributed by atoms with Crippen LogP contribution in [0.2, 0.25) is 0 Å². The summed E-state index contributed by atoms with van der Waals surface area (Å²) in [4.78, 5) is 25.0. The van der Waals surface area contributed by atoms with Crippen molar-refractivity contribution in [3.05, 3.63) is 0 Å². The minimum absolute atomic E-state index is 0.00858. The molecule has 1 amide bonds. The molecule has 2 N–H and O–H groups in total. The van der Waals surface area contributed by atoms with Gasteiger partial charge in [-0.1, -0.05) is 19.3 Å². The second kappa shape index (κ2) is 7.15. The summed E-state index contributed by atoms with van der Waals surface area (Å²) in [6.45, 7) is 3.62. The van der Waals surface area contributed by atoms with Crippen molar-refractivity contribution < 1.29 is 14.7 Å². The van der Waals surface area contributed by atoms with Gasteiger partial charge in [0, 0.05) is 13.1 Å². The standard InChI is InChI=1S/C14H22N2O3/c1-3-5-14(13(18)19)6-9-16(10-7-14)12(17)11-15-8-4-2/h2,15H,3,5-11H2,1H3,(H,18,19). The van der Waals surface area contributed by atoms with Crippen LogP contribution in [0.5, 0.6) is 0 Å². The lowest BCUT2D eigenvalue weighted by Crippen LogP contribution is -2.48. The monoisotopic (exact) mass is 266 g/mol. The Labute approximate surface area is 114 Å². The van der Waals surface area contributed by atoms with Gasteiger partial charge in [-0.15, -0.1) is 6.42 Å². The Bertz CT molecular complexity index is 365. The number of carbonyl (C=O) groups excluding carboxylic acids is 1. The average Bonchev–Trinajstić information content (AvgIpc) is 2.40. The molecule has 106 valence electrons. The Hall–Kier alpha value is -1.54. The van der Waals surface area contributed by atoms with E-state index in [9.17, 15) is 14.7 Å². The summed E-state index contributed by atoms with van der Waals surface area (Å²) in [6.07, 6.45) is 7.70. The van der Waals surface area contributed by atoms with Crippen molar-refractivity contribution in [3.8, 4) is 12.3 Å². The van der Waals surface area contributed by atoms with Crippen molar-refractivity contribution in [3.63, 3.8) is 0 Å². The molecule has 0 bridgehead atoms. The van der Waals surface area contributed by atoms with Crippen molar-refractivity contribution in [2.24, 2.45) is 5.41 Å². The fourth-order valence-corrected chi connectivity index (χ4v) is 2.59. The van der Waals surface area contributed by atoms with E-state index in [1.165, 1.54) is 0 Å². The third-order valence-electron chi connectivity index (χ3n) is 3.76. The molecule has 0 aliphatic carbocycles. The molecule has 1 heterocycles. The van der Waals surface area contributed by atoms with Crippen LogP contribution < -0.4 is 5.32 Å². The van der Waals surface area contributed by atoms with Gasteiger partial charge in [0.2, 0.25) is 5.91 Å². The lowest BCUT2D eigenvalue weighted by atomic mass is 9.75. The molecule has 0 atom stereocenters. The van der Waals surface area contributed by atoms with Crippen molar-refractivity contribution in [2.75, 3.05) is 26.2 Å². The van der Waals surface area contributed by atoms with Gasteiger partial charge in [0.15, 0.2) is 0 Å². The third-order valence-corrected chi connectivity index (χ3v) is 3.76. The maximum Gasteiger partial charge on any atom is 0.309 e. The summed E-state index contributed by atoms with van der Waals surface area (Å²) in [7, 11) is 0. The largest absolute Gasteiger partial charge is 0.481 e. The molecule has 0 radical (unpaired) electrons. The van der Waals surface area contributed by atoms with Crippen LogP contribution in [-0.4, -0.2) is 48.1 Å². The molecule has 1 saturated heterocycles. The second-order valence-electron chi connectivity index (χ2n) is 5.02. The van der Waals surface area contributed by atoms with E-state index in [-0.39, 0.29) is 12.5 Å². The topological polar surface area (TPSA) is 69.6 Å². The van der Waals surface area contributed by atoms with Crippen LogP contribution >= 0.6 is 0 Å². The van der Waals surface area contributed by atoms with Crippen LogP contribution in [0, 0.1) is 17.8 Å². The van der Waals surface area contributed by atoms with Gasteiger partial charge in [-0.25, -0.2) is 0 Å². The first-order chi connectivity index (χ1) is 9.05. The fraction of sp³-hybridized carbons (Fsp3) is 0.714. The SMILES string of the molecule is C#CCNCC(=O)N1CCC(CCC)(C(=O)O)CC1. The number of hydrogen-bond acceptors (Lipinski definition) is 3. The number of hydrogen-bond donors (Lipinski definition) is 2. The van der Waals surface area contributed by atoms with Gasteiger partial charge in [-0.2, -0.15) is 0 Å². The Morgan fingerprint density at radius 2 is 2.05 bits per heavy atom. The number of terminal acetylenes is 1. The number of amides is 1. The summed E-state index contributed by atoms with van der Waals surface area (Å²) in [5.74, 6) is 1.67. The Balaban J connectivity index is 2.49. The number of nitrogens with one attached hydrogen (secondary N) is 1. The predicted molar refractivity (Wildman–Crippen MR) is 72.5 cm³/mol. The van der Waals surface area contributed by atoms with Crippen LogP contribution in [0.1, 0.15) is 32.6 Å². The number of rotatable bonds is 6. The first-order valence-electron chi connectivity index (χ1n) is 6.71. The Morgan fingerprint density at radius 1 is 1.42 bits per heavy atom. The number of carbonyl (C=O) groups is 2. The normalized spacial score (nSPS) is 17.8. The maximum atomic E-state index is 11.9. The highest BCUT2D eigenvalue weighted by Gasteiger charge is 2.41. The van der Waals surface area contributed by atoms with Gasteiger partial charge in [-0.05, 0) is 19.3 Å². The van der Waals surface area contributed by atoms with Gasteiger partial charge in [0.05, 0.1) is 18.5 Å². The number of carboxylic acids is 1. The van der Waals surface area contributed by atoms with E-state index in [1.54, 1.807) is 4.90 Å². The molecule has 0 aromatic rings. The zero-order valence-corrected chi connectivity index (χ0v) is 11.4. The molecule has 0 spiro atoms. The van der Waals surface area contributed by atoms with Gasteiger partial charge in [0.1, 0.15) is 0 Å². The predicted octanol–water partition coefficient (Wildman–Crippen LogP) is 0.703. The first kappa shape index (κ1) is 15.5. The number of likely N-dealkylation sites (tertiary alicyclic amines) is 1. The van der Waals surface area contributed by atoms with Crippen molar-refractivity contribution in [1.82, 2.24) is 10.2 Å². The van der Waals surface area contributed by atoms with E-state index in [0.717, 1.165) is 6.42 Å². The molecule has 1 rings (SSSR count). The van der Waals surface area contributed by atoms with Gasteiger partial charge in [-0.3, -0.25) is 14.9 Å². The quantitative estimate of drug-likeness (QED) is 0.548. The highest BCUT2D eigenvalue weighted by atomic mass is 16.4. The molecule has 0 saturated carbocycles. The van der Waals surface area contributed by atoms with Crippen LogP contribution in [0.4, 0.5) is 0 Å². The lowest BCUT2D eigenvalue weighted by molar-refractivity contribution is -0.154. The maximum absolute atomic E-state index is 11.9. The number of aliphatic carboxylic acids is 1. The van der Waals surface area contributed by atoms with Gasteiger partial charge < -0.3 is 10.0 Å². The van der Waals surface area contributed by atoms with E-state index in [4.69, 9.17) is 6.42 Å². The molecule has 0 unspecified atom stereocenters. The summed E-state index contributed by atoms with van der Waals surface area (Å²) in [6, 6.07) is 0. The zero-order chi connectivity index (χ0) is 14.3. The zero-order valence-electron chi connectivity index (χ0n) is 11.4. The van der Waals surface area contributed by atoms with Crippen LogP contribution in [0.3, 0.4) is 0 Å². The number of nitrogens with zero attached hydrogens (tertiary/aromatic N) is 1. The minimum atomic E-state index is -0.730. The first-order valence-corrected chi connectivity index (χ1v) is 6.71. The van der Waals surface area contributed by atoms with Crippen molar-refractivity contribution in [1.29, 1.82) is 0 Å². The van der Waals surface area contributed by atoms with Crippen molar-refractivity contribution in [2.45, 2.75) is 32.6 Å². The summed E-state index contributed by atoms with van der Waals surface area (Å²) < 4.78 is 0. The molecule has 1 fully saturated rings. The van der Waals surface area contributed by atoms with Crippen LogP contribution in [0.15, 0.2) is 0 Å². The smallest absolute Gasteiger partial charge is 0.309 e. The van der Waals surface area contributed by atoms with E-state index in [0.29, 0.717) is 38.9 Å². The molecule has 1 aliphatic heterocycles. The number of carboxylic acid groups (broad SMARTS) is 1. The minimum Gasteiger partial charge on any atom is -0.481 e. The summed E-state index contributed by atoms with van der Waals surface area (Å²) in [5, 5.41) is 12.2. The molecule has 0 aromatic heterocycles. The van der Waals surface area contributed by atoms with E-state index in [2.05, 4.69) is 11.2 Å². The summed E-state index contributed by atoms with van der Waals surface area (Å²) in [5.41, 5.74) is -0.641. The summed E-state index contributed by atoms with van der Waals surface area (Å²) >= 11 is 0. The lowest BCUT2D eigenvalue weighted by Gasteiger charge is -2.38. The molecular formula is C14H22N2O3.